The Morgan fingerprint density at radius 2 is 1.36 bits per heavy atom. The molecule has 3 heterocycles. The lowest BCUT2D eigenvalue weighted by atomic mass is 9.62. The van der Waals surface area contributed by atoms with Gasteiger partial charge in [0.25, 0.3) is 0 Å². The van der Waals surface area contributed by atoms with Gasteiger partial charge in [-0.1, -0.05) is 75.4 Å². The minimum Gasteiger partial charge on any atom is -0.301 e. The Kier molecular flexibility index (Phi) is 5.55. The van der Waals surface area contributed by atoms with Crippen LogP contribution in [0.3, 0.4) is 0 Å². The first-order chi connectivity index (χ1) is 17.6. The highest BCUT2D eigenvalue weighted by Crippen LogP contribution is 2.62. The highest BCUT2D eigenvalue weighted by atomic mass is 15.5. The fraction of sp³-hybridized carbons (Fsp3) is 0.312. The van der Waals surface area contributed by atoms with Crippen molar-refractivity contribution in [2.24, 2.45) is 5.41 Å². The van der Waals surface area contributed by atoms with E-state index in [4.69, 9.17) is 9.97 Å². The first kappa shape index (κ1) is 22.8. The second kappa shape index (κ2) is 8.77. The Morgan fingerprint density at radius 1 is 0.722 bits per heavy atom. The molecular formula is C32H34N4. The number of rotatable bonds is 5. The van der Waals surface area contributed by atoms with Gasteiger partial charge < -0.3 is 9.80 Å². The molecule has 0 radical (unpaired) electrons. The summed E-state index contributed by atoms with van der Waals surface area (Å²) in [6.45, 7) is 9.31. The molecule has 6 rings (SSSR count). The van der Waals surface area contributed by atoms with Crippen molar-refractivity contribution < 1.29 is 0 Å². The second-order valence-corrected chi connectivity index (χ2v) is 10.1. The second-order valence-electron chi connectivity index (χ2n) is 10.1. The predicted molar refractivity (Wildman–Crippen MR) is 149 cm³/mol. The molecule has 0 spiro atoms. The Hall–Kier alpha value is -3.66. The molecule has 0 saturated heterocycles. The van der Waals surface area contributed by atoms with E-state index < -0.39 is 0 Å². The molecule has 2 aliphatic rings. The molecule has 0 aliphatic carbocycles. The van der Waals surface area contributed by atoms with Crippen LogP contribution in [-0.2, 0) is 0 Å². The van der Waals surface area contributed by atoms with Crippen molar-refractivity contribution in [1.82, 2.24) is 9.97 Å². The Bertz CT molecular complexity index is 1390. The molecule has 0 N–H and O–H groups in total. The van der Waals surface area contributed by atoms with Crippen LogP contribution in [-0.4, -0.2) is 16.1 Å². The van der Waals surface area contributed by atoms with Gasteiger partial charge in [0, 0.05) is 29.2 Å². The smallest absolute Gasteiger partial charge is 0.178 e. The number of para-hydroxylation sites is 1. The van der Waals surface area contributed by atoms with E-state index in [-0.39, 0.29) is 11.6 Å². The summed E-state index contributed by atoms with van der Waals surface area (Å²) in [5.41, 5.74) is 7.71. The van der Waals surface area contributed by atoms with E-state index in [1.54, 1.807) is 0 Å². The number of hydrogen-bond acceptors (Lipinski definition) is 4. The van der Waals surface area contributed by atoms with Crippen LogP contribution in [0.1, 0.15) is 57.1 Å². The van der Waals surface area contributed by atoms with Crippen molar-refractivity contribution in [1.29, 1.82) is 0 Å². The third-order valence-corrected chi connectivity index (χ3v) is 8.67. The molecule has 3 aromatic carbocycles. The molecule has 0 fully saturated rings. The number of fused-ring (bicyclic) bond motifs is 5. The van der Waals surface area contributed by atoms with E-state index in [0.29, 0.717) is 5.92 Å². The molecule has 4 nitrogen and oxygen atoms in total. The molecule has 2 unspecified atom stereocenters. The average Bonchev–Trinajstić information content (AvgIpc) is 3.28. The fourth-order valence-corrected chi connectivity index (χ4v) is 6.98. The molecule has 4 aromatic rings. The van der Waals surface area contributed by atoms with Crippen LogP contribution in [0.5, 0.6) is 0 Å². The van der Waals surface area contributed by atoms with E-state index >= 15 is 0 Å². The molecule has 4 heteroatoms. The summed E-state index contributed by atoms with van der Waals surface area (Å²) in [6.07, 6.45) is 7.07. The van der Waals surface area contributed by atoms with Crippen molar-refractivity contribution in [2.75, 3.05) is 9.80 Å². The van der Waals surface area contributed by atoms with Crippen LogP contribution >= 0.6 is 0 Å². The van der Waals surface area contributed by atoms with Crippen molar-refractivity contribution in [3.05, 3.63) is 96.3 Å². The van der Waals surface area contributed by atoms with Gasteiger partial charge in [0.15, 0.2) is 11.6 Å². The van der Waals surface area contributed by atoms with Gasteiger partial charge >= 0.3 is 0 Å². The summed E-state index contributed by atoms with van der Waals surface area (Å²) in [5, 5.41) is 0. The molecule has 2 atom stereocenters. The Labute approximate surface area is 214 Å². The number of nitrogens with zero attached hydrogens (tertiary/aromatic N) is 4. The van der Waals surface area contributed by atoms with Crippen LogP contribution in [0, 0.1) is 12.3 Å². The van der Waals surface area contributed by atoms with Crippen LogP contribution in [0.15, 0.2) is 85.2 Å². The fourth-order valence-electron chi connectivity index (χ4n) is 6.98. The van der Waals surface area contributed by atoms with Gasteiger partial charge in [-0.15, -0.1) is 0 Å². The summed E-state index contributed by atoms with van der Waals surface area (Å²) in [6, 6.07) is 26.4. The summed E-state index contributed by atoms with van der Waals surface area (Å²) in [7, 11) is 0. The molecule has 2 aliphatic heterocycles. The van der Waals surface area contributed by atoms with Gasteiger partial charge in [-0.3, -0.25) is 0 Å². The summed E-state index contributed by atoms with van der Waals surface area (Å²) in [4.78, 5) is 14.8. The van der Waals surface area contributed by atoms with Crippen molar-refractivity contribution >= 4 is 23.0 Å². The topological polar surface area (TPSA) is 32.3 Å². The third kappa shape index (κ3) is 3.13. The summed E-state index contributed by atoms with van der Waals surface area (Å²) >= 11 is 0. The zero-order valence-corrected chi connectivity index (χ0v) is 21.6. The quantitative estimate of drug-likeness (QED) is 0.291. The number of hydrogen-bond donors (Lipinski definition) is 0. The van der Waals surface area contributed by atoms with E-state index in [9.17, 15) is 0 Å². The maximum absolute atomic E-state index is 4.94. The number of aromatic nitrogens is 2. The van der Waals surface area contributed by atoms with Gasteiger partial charge in [0.1, 0.15) is 6.17 Å². The first-order valence-electron chi connectivity index (χ1n) is 13.3. The molecule has 182 valence electrons. The molecular weight excluding hydrogens is 440 g/mol. The summed E-state index contributed by atoms with van der Waals surface area (Å²) in [5.74, 6) is 2.38. The zero-order chi connectivity index (χ0) is 24.9. The molecule has 1 aromatic heterocycles. The molecule has 0 amide bonds. The van der Waals surface area contributed by atoms with E-state index in [0.717, 1.165) is 30.9 Å². The van der Waals surface area contributed by atoms with Gasteiger partial charge in [-0.25, -0.2) is 9.97 Å². The molecule has 0 saturated carbocycles. The van der Waals surface area contributed by atoms with Crippen LogP contribution in [0.4, 0.5) is 23.0 Å². The van der Waals surface area contributed by atoms with E-state index in [2.05, 4.69) is 110 Å². The van der Waals surface area contributed by atoms with Gasteiger partial charge in [-0.2, -0.15) is 0 Å². The minimum absolute atomic E-state index is 0.0516. The maximum Gasteiger partial charge on any atom is 0.178 e. The SMILES string of the molecule is CCC1c2ccccc2N2c3nccnc3N(c3ccc(-c4ccccc4)cc3C)C2C1(CC)CC. The lowest BCUT2D eigenvalue weighted by Crippen LogP contribution is -2.57. The first-order valence-corrected chi connectivity index (χ1v) is 13.3. The van der Waals surface area contributed by atoms with Crippen molar-refractivity contribution in [2.45, 2.75) is 59.0 Å². The largest absolute Gasteiger partial charge is 0.301 e. The Balaban J connectivity index is 1.59. The highest BCUT2D eigenvalue weighted by molar-refractivity contribution is 5.87. The number of anilines is 4. The van der Waals surface area contributed by atoms with Crippen LogP contribution in [0.25, 0.3) is 11.1 Å². The molecule has 36 heavy (non-hydrogen) atoms. The minimum atomic E-state index is 0.0516. The van der Waals surface area contributed by atoms with Gasteiger partial charge in [0.2, 0.25) is 0 Å². The van der Waals surface area contributed by atoms with Crippen LogP contribution in [0.2, 0.25) is 0 Å². The normalized spacial score (nSPS) is 19.6. The van der Waals surface area contributed by atoms with Crippen molar-refractivity contribution in [3.8, 4) is 11.1 Å². The van der Waals surface area contributed by atoms with Gasteiger partial charge in [0.05, 0.1) is 0 Å². The van der Waals surface area contributed by atoms with Crippen molar-refractivity contribution in [3.63, 3.8) is 0 Å². The Morgan fingerprint density at radius 3 is 2.00 bits per heavy atom. The average molecular weight is 475 g/mol. The lowest BCUT2D eigenvalue weighted by Gasteiger charge is -2.54. The van der Waals surface area contributed by atoms with Gasteiger partial charge in [-0.05, 0) is 72.6 Å². The third-order valence-electron chi connectivity index (χ3n) is 8.67. The highest BCUT2D eigenvalue weighted by Gasteiger charge is 2.57. The van der Waals surface area contributed by atoms with E-state index in [1.165, 1.54) is 33.6 Å². The molecule has 0 bridgehead atoms. The number of aryl methyl sites for hydroxylation is 1. The standard InChI is InChI=1S/C32H34N4/c1-5-26-25-15-11-12-16-28(25)36-30-29(33-19-20-34-30)35(31(36)32(26,6-2)7-3)27-18-17-24(21-22(27)4)23-13-9-8-10-14-23/h8-21,26,31H,5-7H2,1-4H3. The maximum atomic E-state index is 4.94. The van der Waals surface area contributed by atoms with E-state index in [1.807, 2.05) is 12.4 Å². The zero-order valence-electron chi connectivity index (χ0n) is 21.6. The monoisotopic (exact) mass is 474 g/mol. The summed E-state index contributed by atoms with van der Waals surface area (Å²) < 4.78 is 0. The number of benzene rings is 3. The lowest BCUT2D eigenvalue weighted by molar-refractivity contribution is 0.143. The van der Waals surface area contributed by atoms with Crippen LogP contribution < -0.4 is 9.80 Å². The predicted octanol–water partition coefficient (Wildman–Crippen LogP) is 8.38.